The fourth-order valence-corrected chi connectivity index (χ4v) is 4.01. The van der Waals surface area contributed by atoms with Crippen LogP contribution in [-0.4, -0.2) is 22.4 Å². The van der Waals surface area contributed by atoms with E-state index in [0.717, 1.165) is 18.4 Å². The second-order valence-electron chi connectivity index (χ2n) is 6.15. The van der Waals surface area contributed by atoms with Crippen molar-refractivity contribution < 1.29 is 10.2 Å². The summed E-state index contributed by atoms with van der Waals surface area (Å²) in [7, 11) is 0. The summed E-state index contributed by atoms with van der Waals surface area (Å²) in [5.41, 5.74) is 2.41. The van der Waals surface area contributed by atoms with Gasteiger partial charge in [0.1, 0.15) is 5.60 Å². The van der Waals surface area contributed by atoms with Crippen LogP contribution < -0.4 is 0 Å². The Morgan fingerprint density at radius 3 is 2.47 bits per heavy atom. The van der Waals surface area contributed by atoms with E-state index >= 15 is 0 Å². The van der Waals surface area contributed by atoms with Crippen LogP contribution in [0.3, 0.4) is 0 Å². The lowest BCUT2D eigenvalue weighted by Gasteiger charge is -2.41. The summed E-state index contributed by atoms with van der Waals surface area (Å²) < 4.78 is 0. The highest BCUT2D eigenvalue weighted by atomic mass is 16.3. The van der Waals surface area contributed by atoms with E-state index in [1.807, 2.05) is 18.2 Å². The molecule has 1 aromatic rings. The molecule has 1 aromatic carbocycles. The number of benzene rings is 1. The fraction of sp³-hybridized carbons (Fsp3) is 0.529. The molecular formula is C17H22O2. The second-order valence-corrected chi connectivity index (χ2v) is 6.15. The highest BCUT2D eigenvalue weighted by Crippen LogP contribution is 2.55. The average Bonchev–Trinajstić information content (AvgIpc) is 2.70. The zero-order valence-electron chi connectivity index (χ0n) is 11.5. The van der Waals surface area contributed by atoms with E-state index in [2.05, 4.69) is 19.1 Å². The van der Waals surface area contributed by atoms with Crippen molar-refractivity contribution in [3.05, 3.63) is 47.0 Å². The van der Waals surface area contributed by atoms with Crippen molar-refractivity contribution in [3.63, 3.8) is 0 Å². The van der Waals surface area contributed by atoms with Gasteiger partial charge >= 0.3 is 0 Å². The van der Waals surface area contributed by atoms with Crippen LogP contribution in [0, 0.1) is 0 Å². The SMILES string of the molecule is CC1(c2ccccc2)C2=C(CCCC2)CC1(O)CO. The van der Waals surface area contributed by atoms with Gasteiger partial charge in [-0.15, -0.1) is 0 Å². The van der Waals surface area contributed by atoms with Crippen molar-refractivity contribution in [1.82, 2.24) is 0 Å². The van der Waals surface area contributed by atoms with Crippen LogP contribution in [0.2, 0.25) is 0 Å². The van der Waals surface area contributed by atoms with Gasteiger partial charge in [0.05, 0.1) is 6.61 Å². The third kappa shape index (κ3) is 1.70. The van der Waals surface area contributed by atoms with Crippen LogP contribution in [0.15, 0.2) is 41.5 Å². The average molecular weight is 258 g/mol. The number of rotatable bonds is 2. The standard InChI is InChI=1S/C17H22O2/c1-16(14-8-3-2-4-9-14)15-10-6-5-7-13(15)11-17(16,19)12-18/h2-4,8-9,18-19H,5-7,10-12H2,1H3. The highest BCUT2D eigenvalue weighted by molar-refractivity contribution is 5.48. The summed E-state index contributed by atoms with van der Waals surface area (Å²) in [4.78, 5) is 0. The Labute approximate surface area is 114 Å². The molecule has 0 saturated carbocycles. The molecule has 0 amide bonds. The molecule has 2 aliphatic carbocycles. The minimum atomic E-state index is -1.04. The van der Waals surface area contributed by atoms with E-state index in [4.69, 9.17) is 0 Å². The molecule has 0 heterocycles. The second kappa shape index (κ2) is 4.46. The Balaban J connectivity index is 2.16. The predicted molar refractivity (Wildman–Crippen MR) is 75.9 cm³/mol. The summed E-state index contributed by atoms with van der Waals surface area (Å²) in [6.45, 7) is 1.93. The number of aliphatic hydroxyl groups is 2. The topological polar surface area (TPSA) is 40.5 Å². The van der Waals surface area contributed by atoms with E-state index in [9.17, 15) is 10.2 Å². The molecule has 2 heteroatoms. The monoisotopic (exact) mass is 258 g/mol. The molecule has 0 aliphatic heterocycles. The van der Waals surface area contributed by atoms with Gasteiger partial charge in [-0.1, -0.05) is 41.5 Å². The van der Waals surface area contributed by atoms with Gasteiger partial charge in [-0.3, -0.25) is 0 Å². The van der Waals surface area contributed by atoms with E-state index in [0.29, 0.717) is 6.42 Å². The Morgan fingerprint density at radius 2 is 1.79 bits per heavy atom. The van der Waals surface area contributed by atoms with Gasteiger partial charge < -0.3 is 10.2 Å². The normalized spacial score (nSPS) is 34.5. The van der Waals surface area contributed by atoms with E-state index < -0.39 is 11.0 Å². The van der Waals surface area contributed by atoms with Crippen LogP contribution in [-0.2, 0) is 5.41 Å². The number of aliphatic hydroxyl groups excluding tert-OH is 1. The van der Waals surface area contributed by atoms with Crippen molar-refractivity contribution in [3.8, 4) is 0 Å². The summed E-state index contributed by atoms with van der Waals surface area (Å²) in [6.07, 6.45) is 5.18. The highest BCUT2D eigenvalue weighted by Gasteiger charge is 2.55. The largest absolute Gasteiger partial charge is 0.393 e. The van der Waals surface area contributed by atoms with Crippen LogP contribution >= 0.6 is 0 Å². The van der Waals surface area contributed by atoms with Crippen LogP contribution in [0.1, 0.15) is 44.6 Å². The lowest BCUT2D eigenvalue weighted by molar-refractivity contribution is -0.0515. The first-order valence-corrected chi connectivity index (χ1v) is 7.22. The first-order chi connectivity index (χ1) is 9.12. The molecule has 0 bridgehead atoms. The molecule has 0 fully saturated rings. The molecule has 2 atom stereocenters. The maximum absolute atomic E-state index is 11.0. The molecular weight excluding hydrogens is 236 g/mol. The molecule has 19 heavy (non-hydrogen) atoms. The summed E-state index contributed by atoms with van der Waals surface area (Å²) in [5, 5.41) is 20.8. The Morgan fingerprint density at radius 1 is 1.11 bits per heavy atom. The summed E-state index contributed by atoms with van der Waals surface area (Å²) >= 11 is 0. The van der Waals surface area contributed by atoms with Gasteiger partial charge in [0, 0.05) is 11.8 Å². The molecule has 102 valence electrons. The molecule has 2 N–H and O–H groups in total. The summed E-state index contributed by atoms with van der Waals surface area (Å²) in [5.74, 6) is 0. The van der Waals surface area contributed by atoms with Crippen molar-refractivity contribution in [2.24, 2.45) is 0 Å². The quantitative estimate of drug-likeness (QED) is 0.801. The van der Waals surface area contributed by atoms with Crippen molar-refractivity contribution in [2.45, 2.75) is 50.0 Å². The fourth-order valence-electron chi connectivity index (χ4n) is 4.01. The molecule has 0 aromatic heterocycles. The van der Waals surface area contributed by atoms with Gasteiger partial charge in [-0.2, -0.15) is 0 Å². The van der Waals surface area contributed by atoms with Crippen molar-refractivity contribution in [2.75, 3.05) is 6.61 Å². The van der Waals surface area contributed by atoms with Crippen LogP contribution in [0.5, 0.6) is 0 Å². The molecule has 0 saturated heterocycles. The first-order valence-electron chi connectivity index (χ1n) is 7.22. The lowest BCUT2D eigenvalue weighted by atomic mass is 9.66. The molecule has 2 aliphatic rings. The van der Waals surface area contributed by atoms with Gasteiger partial charge in [0.15, 0.2) is 0 Å². The van der Waals surface area contributed by atoms with Gasteiger partial charge in [0.25, 0.3) is 0 Å². The minimum Gasteiger partial charge on any atom is -0.393 e. The zero-order chi connectivity index (χ0) is 13.5. The van der Waals surface area contributed by atoms with Crippen LogP contribution in [0.4, 0.5) is 0 Å². The Bertz CT molecular complexity index is 505. The molecule has 3 rings (SSSR count). The third-order valence-electron chi connectivity index (χ3n) is 5.23. The number of hydrogen-bond acceptors (Lipinski definition) is 2. The lowest BCUT2D eigenvalue weighted by Crippen LogP contribution is -2.50. The Hall–Kier alpha value is -1.12. The molecule has 2 unspecified atom stereocenters. The van der Waals surface area contributed by atoms with Crippen molar-refractivity contribution in [1.29, 1.82) is 0 Å². The Kier molecular flexibility index (Phi) is 3.03. The van der Waals surface area contributed by atoms with Gasteiger partial charge in [-0.05, 0) is 38.2 Å². The smallest absolute Gasteiger partial charge is 0.104 e. The number of hydrogen-bond donors (Lipinski definition) is 2. The maximum Gasteiger partial charge on any atom is 0.104 e. The maximum atomic E-state index is 11.0. The third-order valence-corrected chi connectivity index (χ3v) is 5.23. The van der Waals surface area contributed by atoms with Gasteiger partial charge in [0.2, 0.25) is 0 Å². The first kappa shape index (κ1) is 12.9. The van der Waals surface area contributed by atoms with Crippen molar-refractivity contribution >= 4 is 0 Å². The predicted octanol–water partition coefficient (Wildman–Crippen LogP) is 2.94. The van der Waals surface area contributed by atoms with E-state index in [-0.39, 0.29) is 6.61 Å². The molecule has 0 radical (unpaired) electrons. The molecule has 2 nitrogen and oxygen atoms in total. The zero-order valence-corrected chi connectivity index (χ0v) is 11.5. The van der Waals surface area contributed by atoms with Crippen LogP contribution in [0.25, 0.3) is 0 Å². The minimum absolute atomic E-state index is 0.175. The summed E-state index contributed by atoms with van der Waals surface area (Å²) in [6, 6.07) is 10.2. The van der Waals surface area contributed by atoms with E-state index in [1.54, 1.807) is 0 Å². The van der Waals surface area contributed by atoms with Gasteiger partial charge in [-0.25, -0.2) is 0 Å². The molecule has 0 spiro atoms. The van der Waals surface area contributed by atoms with E-state index in [1.165, 1.54) is 24.0 Å².